The average Bonchev–Trinajstić information content (AvgIpc) is 2.74. The van der Waals surface area contributed by atoms with Crippen LogP contribution in [0.3, 0.4) is 0 Å². The number of aromatic hydroxyl groups is 1. The first kappa shape index (κ1) is 12.5. The van der Waals surface area contributed by atoms with Crippen molar-refractivity contribution >= 4 is 0 Å². The van der Waals surface area contributed by atoms with Gasteiger partial charge in [-0.15, -0.1) is 0 Å². The first-order chi connectivity index (χ1) is 9.59. The van der Waals surface area contributed by atoms with Crippen LogP contribution in [0.4, 0.5) is 0 Å². The Morgan fingerprint density at radius 1 is 1.20 bits per heavy atom. The zero-order chi connectivity index (χ0) is 13.9. The quantitative estimate of drug-likeness (QED) is 0.760. The largest absolute Gasteiger partial charge is 0.501 e. The van der Waals surface area contributed by atoms with Crippen molar-refractivity contribution < 1.29 is 10.2 Å². The fourth-order valence-electron chi connectivity index (χ4n) is 5.37. The molecule has 3 aliphatic carbocycles. The molecule has 1 aromatic carbocycles. The third-order valence-electron chi connectivity index (χ3n) is 6.49. The predicted octanol–water partition coefficient (Wildman–Crippen LogP) is 3.21. The molecule has 2 nitrogen and oxygen atoms in total. The molecule has 5 atom stereocenters. The Morgan fingerprint density at radius 3 is 2.90 bits per heavy atom. The normalized spacial score (nSPS) is 42.3. The molecule has 0 spiro atoms. The standard InChI is InChI=1S/C18H22O2/c1-18-9-8-14-13-5-3-12(19)10-11(13)2-4-15(14)16(18)6-7-17(18)20/h10,14-17,19-20H,2,4,6-9H2,1H3/t14-,15-,16+,17+,18+/m1/s1. The highest BCUT2D eigenvalue weighted by Crippen LogP contribution is 2.60. The lowest BCUT2D eigenvalue weighted by molar-refractivity contribution is -0.0226. The second kappa shape index (κ2) is 4.15. The molecule has 1 aromatic rings. The van der Waals surface area contributed by atoms with Gasteiger partial charge in [0.25, 0.3) is 0 Å². The molecule has 0 bridgehead atoms. The molecule has 2 N–H and O–H groups in total. The smallest absolute Gasteiger partial charge is 0.167 e. The van der Waals surface area contributed by atoms with Gasteiger partial charge < -0.3 is 10.2 Å². The number of fused-ring (bicyclic) bond motifs is 5. The lowest BCUT2D eigenvalue weighted by Gasteiger charge is -2.49. The van der Waals surface area contributed by atoms with Crippen LogP contribution < -0.4 is 0 Å². The molecule has 4 rings (SSSR count). The van der Waals surface area contributed by atoms with E-state index in [4.69, 9.17) is 0 Å². The third-order valence-corrected chi connectivity index (χ3v) is 6.49. The highest BCUT2D eigenvalue weighted by atomic mass is 16.3. The second-order valence-electron chi connectivity index (χ2n) is 7.27. The molecule has 0 aromatic heterocycles. The lowest BCUT2D eigenvalue weighted by atomic mass is 9.55. The van der Waals surface area contributed by atoms with E-state index in [1.807, 2.05) is 6.07 Å². The van der Waals surface area contributed by atoms with E-state index in [0.29, 0.717) is 17.8 Å². The van der Waals surface area contributed by atoms with Crippen LogP contribution in [0.25, 0.3) is 0 Å². The molecule has 0 heterocycles. The molecule has 0 radical (unpaired) electrons. The maximum atomic E-state index is 10.4. The van der Waals surface area contributed by atoms with Gasteiger partial charge in [-0.2, -0.15) is 0 Å². The minimum absolute atomic E-state index is 0.106. The molecule has 2 saturated carbocycles. The van der Waals surface area contributed by atoms with Gasteiger partial charge in [0, 0.05) is 5.56 Å². The van der Waals surface area contributed by atoms with Gasteiger partial charge in [-0.3, -0.25) is 0 Å². The Bertz CT molecular complexity index is 538. The maximum Gasteiger partial charge on any atom is 0.167 e. The van der Waals surface area contributed by atoms with Gasteiger partial charge >= 0.3 is 0 Å². The van der Waals surface area contributed by atoms with Crippen LogP contribution in [0, 0.1) is 29.4 Å². The first-order valence-corrected chi connectivity index (χ1v) is 7.93. The summed E-state index contributed by atoms with van der Waals surface area (Å²) in [5, 5.41) is 19.9. The Kier molecular flexibility index (Phi) is 2.60. The summed E-state index contributed by atoms with van der Waals surface area (Å²) in [5.41, 5.74) is 2.70. The number of aliphatic hydroxyl groups excluding tert-OH is 1. The van der Waals surface area contributed by atoms with E-state index in [0.717, 1.165) is 25.7 Å². The summed E-state index contributed by atoms with van der Waals surface area (Å²) in [6.07, 6.45) is 6.55. The van der Waals surface area contributed by atoms with Crippen LogP contribution in [0.2, 0.25) is 0 Å². The van der Waals surface area contributed by atoms with Crippen LogP contribution >= 0.6 is 0 Å². The summed E-state index contributed by atoms with van der Waals surface area (Å²) in [7, 11) is 0. The molecule has 2 fully saturated rings. The zero-order valence-electron chi connectivity index (χ0n) is 12.0. The number of aliphatic hydroxyl groups is 1. The number of aryl methyl sites for hydroxylation is 1. The maximum absolute atomic E-state index is 10.4. The summed E-state index contributed by atoms with van der Waals surface area (Å²) in [6.45, 7) is 2.30. The Hall–Kier alpha value is -1.20. The van der Waals surface area contributed by atoms with Gasteiger partial charge in [0.1, 0.15) is 0 Å². The van der Waals surface area contributed by atoms with E-state index in [-0.39, 0.29) is 17.3 Å². The molecule has 3 aliphatic rings. The van der Waals surface area contributed by atoms with Crippen molar-refractivity contribution in [3.05, 3.63) is 29.3 Å². The molecular formula is C18H22O2. The topological polar surface area (TPSA) is 40.5 Å². The van der Waals surface area contributed by atoms with Crippen molar-refractivity contribution in [1.29, 1.82) is 0 Å². The van der Waals surface area contributed by atoms with Crippen LogP contribution in [-0.4, -0.2) is 16.3 Å². The van der Waals surface area contributed by atoms with E-state index in [2.05, 4.69) is 19.1 Å². The minimum atomic E-state index is -0.106. The average molecular weight is 270 g/mol. The SMILES string of the molecule is C[C@]12CC[C@@H]3c4c#cc(O)cc4CC[C@H]3[C@@H]1CC[C@@H]2O. The van der Waals surface area contributed by atoms with Gasteiger partial charge in [0.15, 0.2) is 5.75 Å². The van der Waals surface area contributed by atoms with Gasteiger partial charge in [-0.1, -0.05) is 13.0 Å². The van der Waals surface area contributed by atoms with Crippen LogP contribution in [0.15, 0.2) is 6.07 Å². The number of rotatable bonds is 0. The lowest BCUT2D eigenvalue weighted by Crippen LogP contribution is -2.43. The van der Waals surface area contributed by atoms with Crippen molar-refractivity contribution in [2.45, 2.75) is 57.5 Å². The number of hydrogen-bond acceptors (Lipinski definition) is 2. The molecule has 0 aliphatic heterocycles. The van der Waals surface area contributed by atoms with E-state index < -0.39 is 0 Å². The zero-order valence-corrected chi connectivity index (χ0v) is 12.0. The van der Waals surface area contributed by atoms with Crippen LogP contribution in [0.1, 0.15) is 56.1 Å². The Morgan fingerprint density at radius 2 is 2.05 bits per heavy atom. The molecule has 0 amide bonds. The van der Waals surface area contributed by atoms with E-state index >= 15 is 0 Å². The van der Waals surface area contributed by atoms with Crippen LogP contribution in [0.5, 0.6) is 5.75 Å². The third kappa shape index (κ3) is 1.56. The van der Waals surface area contributed by atoms with Crippen molar-refractivity contribution in [2.75, 3.05) is 0 Å². The molecule has 0 unspecified atom stereocenters. The van der Waals surface area contributed by atoms with Crippen LogP contribution in [-0.2, 0) is 6.42 Å². The summed E-state index contributed by atoms with van der Waals surface area (Å²) >= 11 is 0. The fourth-order valence-corrected chi connectivity index (χ4v) is 5.37. The summed E-state index contributed by atoms with van der Waals surface area (Å²) in [5.74, 6) is 2.14. The van der Waals surface area contributed by atoms with Gasteiger partial charge in [-0.25, -0.2) is 0 Å². The van der Waals surface area contributed by atoms with Gasteiger partial charge in [-0.05, 0) is 79.4 Å². The highest BCUT2D eigenvalue weighted by Gasteiger charge is 2.54. The monoisotopic (exact) mass is 270 g/mol. The first-order valence-electron chi connectivity index (χ1n) is 7.93. The molecule has 0 saturated heterocycles. The fraction of sp³-hybridized carbons (Fsp3) is 0.667. The molecule has 106 valence electrons. The van der Waals surface area contributed by atoms with Crippen molar-refractivity contribution in [1.82, 2.24) is 0 Å². The predicted molar refractivity (Wildman–Crippen MR) is 76.4 cm³/mol. The summed E-state index contributed by atoms with van der Waals surface area (Å²) < 4.78 is 0. The highest BCUT2D eigenvalue weighted by molar-refractivity contribution is 5.36. The number of hydrogen-bond donors (Lipinski definition) is 2. The summed E-state index contributed by atoms with van der Waals surface area (Å²) in [4.78, 5) is 0. The molecular weight excluding hydrogens is 248 g/mol. The summed E-state index contributed by atoms with van der Waals surface area (Å²) in [6, 6.07) is 7.95. The van der Waals surface area contributed by atoms with Crippen molar-refractivity contribution in [2.24, 2.45) is 17.3 Å². The van der Waals surface area contributed by atoms with E-state index in [1.165, 1.54) is 24.0 Å². The molecule has 20 heavy (non-hydrogen) atoms. The van der Waals surface area contributed by atoms with Crippen molar-refractivity contribution in [3.8, 4) is 5.75 Å². The Balaban J connectivity index is 1.71. The molecule has 2 heteroatoms. The minimum Gasteiger partial charge on any atom is -0.501 e. The van der Waals surface area contributed by atoms with E-state index in [9.17, 15) is 10.2 Å². The van der Waals surface area contributed by atoms with E-state index in [1.54, 1.807) is 0 Å². The van der Waals surface area contributed by atoms with Gasteiger partial charge in [0.05, 0.1) is 6.10 Å². The second-order valence-corrected chi connectivity index (χ2v) is 7.27. The van der Waals surface area contributed by atoms with Crippen molar-refractivity contribution in [3.63, 3.8) is 0 Å². The van der Waals surface area contributed by atoms with Gasteiger partial charge in [0.2, 0.25) is 0 Å². The Labute approximate surface area is 120 Å².